The van der Waals surface area contributed by atoms with Crippen LogP contribution < -0.4 is 5.32 Å². The molecule has 1 fully saturated rings. The van der Waals surface area contributed by atoms with E-state index < -0.39 is 17.9 Å². The molecule has 0 bridgehead atoms. The Morgan fingerprint density at radius 1 is 1.67 bits per heavy atom. The van der Waals surface area contributed by atoms with E-state index >= 15 is 0 Å². The average molecular weight is 310 g/mol. The molecular formula is C14H18N2O4S. The van der Waals surface area contributed by atoms with Crippen molar-refractivity contribution in [2.45, 2.75) is 38.3 Å². The third-order valence-corrected chi connectivity index (χ3v) is 4.25. The number of nitrogens with one attached hydrogen (secondary N) is 1. The van der Waals surface area contributed by atoms with E-state index in [0.29, 0.717) is 4.88 Å². The number of thiazole rings is 1. The van der Waals surface area contributed by atoms with E-state index in [-0.39, 0.29) is 12.5 Å². The zero-order valence-electron chi connectivity index (χ0n) is 11.7. The van der Waals surface area contributed by atoms with E-state index in [1.807, 2.05) is 0 Å². The maximum absolute atomic E-state index is 12.1. The van der Waals surface area contributed by atoms with Gasteiger partial charge in [-0.3, -0.25) is 4.79 Å². The molecule has 21 heavy (non-hydrogen) atoms. The summed E-state index contributed by atoms with van der Waals surface area (Å²) in [5.41, 5.74) is 0. The highest BCUT2D eigenvalue weighted by Gasteiger charge is 2.24. The molecule has 2 atom stereocenters. The maximum Gasteiger partial charge on any atom is 0.326 e. The SMILES string of the molecule is C/C=C/CC(NC(=O)c1cnc(C2CCCO2)s1)C(=O)O. The Morgan fingerprint density at radius 2 is 2.48 bits per heavy atom. The van der Waals surface area contributed by atoms with E-state index in [1.165, 1.54) is 17.5 Å². The number of hydrogen-bond donors (Lipinski definition) is 2. The summed E-state index contributed by atoms with van der Waals surface area (Å²) in [6, 6.07) is -0.929. The lowest BCUT2D eigenvalue weighted by atomic mass is 10.2. The molecule has 1 amide bonds. The smallest absolute Gasteiger partial charge is 0.326 e. The Kier molecular flexibility index (Phi) is 5.46. The minimum Gasteiger partial charge on any atom is -0.480 e. The molecule has 114 valence electrons. The Balaban J connectivity index is 2.00. The molecule has 7 heteroatoms. The zero-order valence-corrected chi connectivity index (χ0v) is 12.6. The minimum atomic E-state index is -1.05. The van der Waals surface area contributed by atoms with Gasteiger partial charge in [0.1, 0.15) is 22.0 Å². The summed E-state index contributed by atoms with van der Waals surface area (Å²) in [7, 11) is 0. The lowest BCUT2D eigenvalue weighted by Crippen LogP contribution is -2.40. The Labute approximate surface area is 126 Å². The van der Waals surface area contributed by atoms with Gasteiger partial charge in [-0.1, -0.05) is 12.2 Å². The Bertz CT molecular complexity index is 535. The molecule has 0 saturated carbocycles. The van der Waals surface area contributed by atoms with Crippen LogP contribution in [-0.2, 0) is 9.53 Å². The molecule has 0 aliphatic carbocycles. The van der Waals surface area contributed by atoms with Crippen LogP contribution in [0.4, 0.5) is 0 Å². The van der Waals surface area contributed by atoms with Crippen molar-refractivity contribution in [3.63, 3.8) is 0 Å². The van der Waals surface area contributed by atoms with E-state index in [0.717, 1.165) is 24.5 Å². The second kappa shape index (κ2) is 7.33. The van der Waals surface area contributed by atoms with Crippen LogP contribution in [-0.4, -0.2) is 34.6 Å². The molecule has 0 radical (unpaired) electrons. The molecule has 0 aromatic carbocycles. The lowest BCUT2D eigenvalue weighted by Gasteiger charge is -2.11. The molecule has 1 aromatic rings. The van der Waals surface area contributed by atoms with E-state index in [1.54, 1.807) is 19.1 Å². The van der Waals surface area contributed by atoms with Gasteiger partial charge in [0.25, 0.3) is 5.91 Å². The van der Waals surface area contributed by atoms with Gasteiger partial charge in [0.15, 0.2) is 0 Å². The normalized spacial score (nSPS) is 19.8. The largest absolute Gasteiger partial charge is 0.480 e. The number of carboxylic acid groups (broad SMARTS) is 1. The number of nitrogens with zero attached hydrogens (tertiary/aromatic N) is 1. The number of carboxylic acids is 1. The fourth-order valence-corrected chi connectivity index (χ4v) is 2.94. The first-order valence-electron chi connectivity index (χ1n) is 6.84. The van der Waals surface area contributed by atoms with Crippen LogP contribution in [0, 0.1) is 0 Å². The quantitative estimate of drug-likeness (QED) is 0.786. The molecular weight excluding hydrogens is 292 g/mol. The highest BCUT2D eigenvalue weighted by atomic mass is 32.1. The van der Waals surface area contributed by atoms with Gasteiger partial charge in [-0.25, -0.2) is 9.78 Å². The fraction of sp³-hybridized carbons (Fsp3) is 0.500. The summed E-state index contributed by atoms with van der Waals surface area (Å²) in [5, 5.41) is 12.4. The third-order valence-electron chi connectivity index (χ3n) is 3.16. The fourth-order valence-electron chi connectivity index (χ4n) is 2.04. The predicted octanol–water partition coefficient (Wildman–Crippen LogP) is 2.14. The van der Waals surface area contributed by atoms with Crippen LogP contribution >= 0.6 is 11.3 Å². The van der Waals surface area contributed by atoms with E-state index in [9.17, 15) is 9.59 Å². The van der Waals surface area contributed by atoms with Crippen LogP contribution in [0.15, 0.2) is 18.3 Å². The first kappa shape index (κ1) is 15.7. The van der Waals surface area contributed by atoms with Gasteiger partial charge in [-0.15, -0.1) is 11.3 Å². The number of aromatic nitrogens is 1. The van der Waals surface area contributed by atoms with Crippen molar-refractivity contribution in [3.05, 3.63) is 28.2 Å². The minimum absolute atomic E-state index is 0.0326. The first-order valence-corrected chi connectivity index (χ1v) is 7.65. The van der Waals surface area contributed by atoms with E-state index in [4.69, 9.17) is 9.84 Å². The Hall–Kier alpha value is -1.73. The number of amides is 1. The number of carbonyl (C=O) groups is 2. The molecule has 2 rings (SSSR count). The maximum atomic E-state index is 12.1. The molecule has 1 aliphatic rings. The van der Waals surface area contributed by atoms with Gasteiger partial charge in [0, 0.05) is 6.61 Å². The van der Waals surface area contributed by atoms with Gasteiger partial charge in [-0.05, 0) is 26.2 Å². The molecule has 2 unspecified atom stereocenters. The summed E-state index contributed by atoms with van der Waals surface area (Å²) >= 11 is 1.26. The van der Waals surface area contributed by atoms with Crippen molar-refractivity contribution >= 4 is 23.2 Å². The summed E-state index contributed by atoms with van der Waals surface area (Å²) in [4.78, 5) is 27.8. The summed E-state index contributed by atoms with van der Waals surface area (Å²) in [5.74, 6) is -1.46. The molecule has 0 spiro atoms. The summed E-state index contributed by atoms with van der Waals surface area (Å²) in [6.45, 7) is 2.52. The number of carbonyl (C=O) groups excluding carboxylic acids is 1. The first-order chi connectivity index (χ1) is 10.1. The van der Waals surface area contributed by atoms with Gasteiger partial charge in [0.2, 0.25) is 0 Å². The Morgan fingerprint density at radius 3 is 3.10 bits per heavy atom. The van der Waals surface area contributed by atoms with Crippen LogP contribution in [0.5, 0.6) is 0 Å². The van der Waals surface area contributed by atoms with Crippen molar-refractivity contribution in [1.29, 1.82) is 0 Å². The summed E-state index contributed by atoms with van der Waals surface area (Å²) < 4.78 is 5.52. The third kappa shape index (κ3) is 4.12. The van der Waals surface area contributed by atoms with Crippen LogP contribution in [0.3, 0.4) is 0 Å². The molecule has 1 aromatic heterocycles. The van der Waals surface area contributed by atoms with Crippen molar-refractivity contribution < 1.29 is 19.4 Å². The highest BCUT2D eigenvalue weighted by Crippen LogP contribution is 2.31. The number of hydrogen-bond acceptors (Lipinski definition) is 5. The van der Waals surface area contributed by atoms with Gasteiger partial charge in [0.05, 0.1) is 6.20 Å². The second-order valence-corrected chi connectivity index (χ2v) is 5.80. The standard InChI is InChI=1S/C14H18N2O4S/c1-2-3-5-9(14(18)19)16-12(17)11-8-15-13(21-11)10-6-4-7-20-10/h2-3,8-10H,4-7H2,1H3,(H,16,17)(H,18,19)/b3-2+. The van der Waals surface area contributed by atoms with Gasteiger partial charge >= 0.3 is 5.97 Å². The number of aliphatic carboxylic acids is 1. The van der Waals surface area contributed by atoms with Crippen molar-refractivity contribution in [2.75, 3.05) is 6.61 Å². The average Bonchev–Trinajstić information content (AvgIpc) is 3.12. The van der Waals surface area contributed by atoms with Crippen molar-refractivity contribution in [3.8, 4) is 0 Å². The predicted molar refractivity (Wildman–Crippen MR) is 78.4 cm³/mol. The number of ether oxygens (including phenoxy) is 1. The molecule has 1 aliphatic heterocycles. The highest BCUT2D eigenvalue weighted by molar-refractivity contribution is 7.13. The monoisotopic (exact) mass is 310 g/mol. The molecule has 1 saturated heterocycles. The van der Waals surface area contributed by atoms with Crippen LogP contribution in [0.1, 0.15) is 47.0 Å². The molecule has 2 N–H and O–H groups in total. The van der Waals surface area contributed by atoms with Gasteiger partial charge in [-0.2, -0.15) is 0 Å². The van der Waals surface area contributed by atoms with Crippen molar-refractivity contribution in [2.24, 2.45) is 0 Å². The number of allylic oxidation sites excluding steroid dienone is 1. The zero-order chi connectivity index (χ0) is 15.2. The van der Waals surface area contributed by atoms with Crippen LogP contribution in [0.2, 0.25) is 0 Å². The van der Waals surface area contributed by atoms with E-state index in [2.05, 4.69) is 10.3 Å². The lowest BCUT2D eigenvalue weighted by molar-refractivity contribution is -0.139. The number of rotatable bonds is 6. The molecule has 6 nitrogen and oxygen atoms in total. The molecule has 2 heterocycles. The topological polar surface area (TPSA) is 88.5 Å². The second-order valence-electron chi connectivity index (χ2n) is 4.73. The van der Waals surface area contributed by atoms with Gasteiger partial charge < -0.3 is 15.2 Å². The summed E-state index contributed by atoms with van der Waals surface area (Å²) in [6.07, 6.45) is 7.08. The van der Waals surface area contributed by atoms with Crippen molar-refractivity contribution in [1.82, 2.24) is 10.3 Å². The van der Waals surface area contributed by atoms with Crippen LogP contribution in [0.25, 0.3) is 0 Å².